The van der Waals surface area contributed by atoms with Gasteiger partial charge < -0.3 is 9.47 Å². The van der Waals surface area contributed by atoms with Crippen LogP contribution in [0.25, 0.3) is 0 Å². The van der Waals surface area contributed by atoms with Gasteiger partial charge in [0.1, 0.15) is 6.61 Å². The molecule has 1 rings (SSSR count). The summed E-state index contributed by atoms with van der Waals surface area (Å²) in [6.07, 6.45) is 0. The van der Waals surface area contributed by atoms with Crippen LogP contribution in [0.2, 0.25) is 0 Å². The number of nitrogens with zero attached hydrogens (tertiary/aromatic N) is 1. The zero-order chi connectivity index (χ0) is 12.0. The quantitative estimate of drug-likeness (QED) is 0.569. The Hall–Kier alpha value is -0.800. The molecule has 0 aliphatic carbocycles. The maximum atomic E-state index is 5.83. The van der Waals surface area contributed by atoms with Gasteiger partial charge in [0.2, 0.25) is 5.88 Å². The molecule has 3 nitrogen and oxygen atoms in total. The number of hydrogen-bond donors (Lipinski definition) is 0. The van der Waals surface area contributed by atoms with E-state index in [1.807, 2.05) is 12.1 Å². The van der Waals surface area contributed by atoms with Crippen molar-refractivity contribution < 1.29 is 9.47 Å². The number of methoxy groups -OCH3 is 1. The average molecular weight is 244 g/mol. The molecule has 0 amide bonds. The van der Waals surface area contributed by atoms with Crippen molar-refractivity contribution in [3.05, 3.63) is 23.4 Å². The molecule has 1 heterocycles. The summed E-state index contributed by atoms with van der Waals surface area (Å²) < 4.78 is 10.4. The van der Waals surface area contributed by atoms with Crippen molar-refractivity contribution >= 4 is 11.6 Å². The molecule has 16 heavy (non-hydrogen) atoms. The van der Waals surface area contributed by atoms with Crippen LogP contribution < -0.4 is 4.74 Å². The van der Waals surface area contributed by atoms with Crippen LogP contribution in [0.5, 0.6) is 5.88 Å². The molecule has 0 aliphatic heterocycles. The van der Waals surface area contributed by atoms with E-state index in [1.54, 1.807) is 7.11 Å². The molecule has 4 heteroatoms. The summed E-state index contributed by atoms with van der Waals surface area (Å²) in [5.41, 5.74) is 2.04. The highest BCUT2D eigenvalue weighted by molar-refractivity contribution is 6.17. The molecule has 0 spiro atoms. The maximum Gasteiger partial charge on any atom is 0.213 e. The fourth-order valence-electron chi connectivity index (χ4n) is 1.26. The third-order valence-electron chi connectivity index (χ3n) is 2.16. The summed E-state index contributed by atoms with van der Waals surface area (Å²) in [5.74, 6) is 1.47. The summed E-state index contributed by atoms with van der Waals surface area (Å²) in [6.45, 7) is 5.26. The molecular formula is C12H18ClNO2. The molecule has 0 saturated carbocycles. The SMILES string of the molecule is COCCOc1cc(CCl)cc(C(C)C)n1. The van der Waals surface area contributed by atoms with Crippen LogP contribution in [0.3, 0.4) is 0 Å². The third kappa shape index (κ3) is 3.99. The van der Waals surface area contributed by atoms with Crippen molar-refractivity contribution in [3.63, 3.8) is 0 Å². The van der Waals surface area contributed by atoms with Gasteiger partial charge in [0.25, 0.3) is 0 Å². The van der Waals surface area contributed by atoms with E-state index in [-0.39, 0.29) is 0 Å². The zero-order valence-corrected chi connectivity index (χ0v) is 10.8. The minimum atomic E-state index is 0.368. The fourth-order valence-corrected chi connectivity index (χ4v) is 1.41. The molecular weight excluding hydrogens is 226 g/mol. The van der Waals surface area contributed by atoms with Gasteiger partial charge >= 0.3 is 0 Å². The summed E-state index contributed by atoms with van der Waals surface area (Å²) >= 11 is 5.83. The van der Waals surface area contributed by atoms with Gasteiger partial charge in [0.15, 0.2) is 0 Å². The predicted molar refractivity (Wildman–Crippen MR) is 65.3 cm³/mol. The highest BCUT2D eigenvalue weighted by Gasteiger charge is 2.06. The van der Waals surface area contributed by atoms with Gasteiger partial charge in [-0.3, -0.25) is 0 Å². The number of halogens is 1. The van der Waals surface area contributed by atoms with Gasteiger partial charge in [-0.25, -0.2) is 4.98 Å². The highest BCUT2D eigenvalue weighted by Crippen LogP contribution is 2.20. The molecule has 0 saturated heterocycles. The Balaban J connectivity index is 2.78. The summed E-state index contributed by atoms with van der Waals surface area (Å²) in [5, 5.41) is 0. The lowest BCUT2D eigenvalue weighted by Gasteiger charge is -2.10. The van der Waals surface area contributed by atoms with E-state index < -0.39 is 0 Å². The monoisotopic (exact) mass is 243 g/mol. The molecule has 0 aromatic carbocycles. The Bertz CT molecular complexity index is 329. The molecule has 0 aliphatic rings. The molecule has 0 radical (unpaired) electrons. The topological polar surface area (TPSA) is 31.4 Å². The standard InChI is InChI=1S/C12H18ClNO2/c1-9(2)11-6-10(8-13)7-12(14-11)16-5-4-15-3/h6-7,9H,4-5,8H2,1-3H3. The predicted octanol–water partition coefficient (Wildman–Crippen LogP) is 2.97. The van der Waals surface area contributed by atoms with Gasteiger partial charge in [-0.15, -0.1) is 11.6 Å². The lowest BCUT2D eigenvalue weighted by atomic mass is 10.1. The van der Waals surface area contributed by atoms with Crippen molar-refractivity contribution in [1.82, 2.24) is 4.98 Å². The van der Waals surface area contributed by atoms with E-state index in [2.05, 4.69) is 18.8 Å². The maximum absolute atomic E-state index is 5.83. The van der Waals surface area contributed by atoms with Crippen molar-refractivity contribution in [1.29, 1.82) is 0 Å². The Morgan fingerprint density at radius 3 is 2.62 bits per heavy atom. The molecule has 1 aromatic rings. The van der Waals surface area contributed by atoms with E-state index in [1.165, 1.54) is 0 Å². The van der Waals surface area contributed by atoms with E-state index in [0.29, 0.717) is 30.9 Å². The first-order valence-corrected chi connectivity index (χ1v) is 5.89. The molecule has 0 unspecified atom stereocenters. The first kappa shape index (κ1) is 13.3. The minimum Gasteiger partial charge on any atom is -0.475 e. The number of alkyl halides is 1. The van der Waals surface area contributed by atoms with Crippen LogP contribution in [0, 0.1) is 0 Å². The number of pyridine rings is 1. The van der Waals surface area contributed by atoms with Crippen LogP contribution in [0.15, 0.2) is 12.1 Å². The van der Waals surface area contributed by atoms with Gasteiger partial charge in [-0.2, -0.15) is 0 Å². The Morgan fingerprint density at radius 1 is 1.31 bits per heavy atom. The van der Waals surface area contributed by atoms with E-state index in [0.717, 1.165) is 11.3 Å². The highest BCUT2D eigenvalue weighted by atomic mass is 35.5. The van der Waals surface area contributed by atoms with Crippen molar-refractivity contribution in [2.75, 3.05) is 20.3 Å². The Kier molecular flexibility index (Phi) is 5.56. The molecule has 0 atom stereocenters. The Morgan fingerprint density at radius 2 is 2.06 bits per heavy atom. The first-order valence-electron chi connectivity index (χ1n) is 5.36. The zero-order valence-electron chi connectivity index (χ0n) is 10.00. The smallest absolute Gasteiger partial charge is 0.213 e. The molecule has 0 bridgehead atoms. The second-order valence-electron chi connectivity index (χ2n) is 3.87. The second kappa shape index (κ2) is 6.71. The number of hydrogen-bond acceptors (Lipinski definition) is 3. The van der Waals surface area contributed by atoms with Crippen molar-refractivity contribution in [2.45, 2.75) is 25.6 Å². The van der Waals surface area contributed by atoms with Crippen LogP contribution in [0.1, 0.15) is 31.0 Å². The van der Waals surface area contributed by atoms with E-state index >= 15 is 0 Å². The van der Waals surface area contributed by atoms with E-state index in [9.17, 15) is 0 Å². The summed E-state index contributed by atoms with van der Waals surface area (Å²) in [4.78, 5) is 4.42. The second-order valence-corrected chi connectivity index (χ2v) is 4.14. The van der Waals surface area contributed by atoms with Crippen LogP contribution in [-0.2, 0) is 10.6 Å². The lowest BCUT2D eigenvalue weighted by Crippen LogP contribution is -2.07. The number of aromatic nitrogens is 1. The van der Waals surface area contributed by atoms with Crippen LogP contribution in [-0.4, -0.2) is 25.3 Å². The average Bonchev–Trinajstić information content (AvgIpc) is 2.29. The number of rotatable bonds is 6. The van der Waals surface area contributed by atoms with Crippen LogP contribution >= 0.6 is 11.6 Å². The number of ether oxygens (including phenoxy) is 2. The Labute approximate surface area is 102 Å². The van der Waals surface area contributed by atoms with Crippen molar-refractivity contribution in [3.8, 4) is 5.88 Å². The van der Waals surface area contributed by atoms with Gasteiger partial charge in [0.05, 0.1) is 6.61 Å². The summed E-state index contributed by atoms with van der Waals surface area (Å²) in [7, 11) is 1.64. The van der Waals surface area contributed by atoms with Gasteiger partial charge in [-0.05, 0) is 17.5 Å². The van der Waals surface area contributed by atoms with Crippen molar-refractivity contribution in [2.24, 2.45) is 0 Å². The normalized spacial score (nSPS) is 10.8. The first-order chi connectivity index (χ1) is 7.67. The van der Waals surface area contributed by atoms with E-state index in [4.69, 9.17) is 21.1 Å². The molecule has 0 N–H and O–H groups in total. The summed E-state index contributed by atoms with van der Waals surface area (Å²) in [6, 6.07) is 3.88. The molecule has 1 aromatic heterocycles. The van der Waals surface area contributed by atoms with Gasteiger partial charge in [-0.1, -0.05) is 13.8 Å². The molecule has 90 valence electrons. The molecule has 0 fully saturated rings. The van der Waals surface area contributed by atoms with Gasteiger partial charge in [0, 0.05) is 24.8 Å². The minimum absolute atomic E-state index is 0.368. The third-order valence-corrected chi connectivity index (χ3v) is 2.47. The van der Waals surface area contributed by atoms with Crippen LogP contribution in [0.4, 0.5) is 0 Å². The lowest BCUT2D eigenvalue weighted by molar-refractivity contribution is 0.143. The fraction of sp³-hybridized carbons (Fsp3) is 0.583. The largest absolute Gasteiger partial charge is 0.475 e.